The van der Waals surface area contributed by atoms with Gasteiger partial charge in [-0.15, -0.1) is 0 Å². The third-order valence-electron chi connectivity index (χ3n) is 8.93. The van der Waals surface area contributed by atoms with Crippen molar-refractivity contribution in [1.82, 2.24) is 14.8 Å². The van der Waals surface area contributed by atoms with Crippen molar-refractivity contribution in [2.75, 3.05) is 31.1 Å². The Kier molecular flexibility index (Phi) is 7.31. The summed E-state index contributed by atoms with van der Waals surface area (Å²) in [6, 6.07) is 8.48. The molecular weight excluding hydrogens is 487 g/mol. The molecule has 1 aromatic heterocycles. The molecule has 0 aliphatic carbocycles. The molecule has 8 nitrogen and oxygen atoms in total. The van der Waals surface area contributed by atoms with Gasteiger partial charge >= 0.3 is 6.09 Å². The minimum Gasteiger partial charge on any atom is -0.465 e. The Morgan fingerprint density at radius 3 is 2.58 bits per heavy atom. The highest BCUT2D eigenvalue weighted by Crippen LogP contribution is 2.51. The highest BCUT2D eigenvalue weighted by atomic mass is 19.1. The first kappa shape index (κ1) is 26.4. The number of carbonyl (C=O) groups excluding carboxylic acids is 1. The predicted molar refractivity (Wildman–Crippen MR) is 143 cm³/mol. The standard InChI is InChI=1S/C29H37FN4O4/c1-3-32(4-2)27(36)25-9-7-20(17-31-25)19-8-10-26(24(30)14-19)33-13-5-6-21(18-33)29-12-11-22(15-23(35)16-29)34(29)28(37)38/h7-10,14,17,21-23,35H,3-6,11-13,15-16,18H2,1-2H3,(H,37,38). The highest BCUT2D eigenvalue weighted by molar-refractivity contribution is 5.92. The Balaban J connectivity index is 1.34. The summed E-state index contributed by atoms with van der Waals surface area (Å²) in [4.78, 5) is 34.4. The summed E-state index contributed by atoms with van der Waals surface area (Å²) >= 11 is 0. The summed E-state index contributed by atoms with van der Waals surface area (Å²) in [5.41, 5.74) is 1.69. The van der Waals surface area contributed by atoms with Crippen molar-refractivity contribution in [2.45, 2.75) is 70.1 Å². The molecule has 4 heterocycles. The SMILES string of the molecule is CCN(CC)C(=O)c1ccc(-c2ccc(N3CCCC(C45CCC(CC(O)C4)N5C(=O)O)C3)c(F)c2)cn1. The van der Waals surface area contributed by atoms with E-state index in [1.165, 1.54) is 6.07 Å². The lowest BCUT2D eigenvalue weighted by Crippen LogP contribution is -2.62. The van der Waals surface area contributed by atoms with Gasteiger partial charge in [-0.3, -0.25) is 14.7 Å². The van der Waals surface area contributed by atoms with Crippen molar-refractivity contribution in [3.8, 4) is 11.1 Å². The summed E-state index contributed by atoms with van der Waals surface area (Å²) in [5, 5.41) is 20.5. The number of hydrogen-bond acceptors (Lipinski definition) is 5. The largest absolute Gasteiger partial charge is 0.465 e. The van der Waals surface area contributed by atoms with Gasteiger partial charge < -0.3 is 20.0 Å². The summed E-state index contributed by atoms with van der Waals surface area (Å²) in [7, 11) is 0. The van der Waals surface area contributed by atoms with Crippen LogP contribution in [0.5, 0.6) is 0 Å². The van der Waals surface area contributed by atoms with E-state index in [1.807, 2.05) is 24.8 Å². The Hall–Kier alpha value is -3.20. The number of piperidine rings is 2. The van der Waals surface area contributed by atoms with Gasteiger partial charge in [-0.2, -0.15) is 0 Å². The second kappa shape index (κ2) is 10.5. The van der Waals surface area contributed by atoms with E-state index in [2.05, 4.69) is 4.98 Å². The van der Waals surface area contributed by atoms with Gasteiger partial charge in [-0.1, -0.05) is 12.1 Å². The average molecular weight is 525 g/mol. The number of pyridine rings is 1. The number of amides is 2. The van der Waals surface area contributed by atoms with E-state index in [0.29, 0.717) is 56.0 Å². The van der Waals surface area contributed by atoms with Crippen molar-refractivity contribution in [2.24, 2.45) is 5.92 Å². The third kappa shape index (κ3) is 4.61. The number of nitrogens with zero attached hydrogens (tertiary/aromatic N) is 4. The molecule has 2 bridgehead atoms. The molecule has 3 fully saturated rings. The lowest BCUT2D eigenvalue weighted by Gasteiger charge is -2.52. The van der Waals surface area contributed by atoms with Crippen molar-refractivity contribution in [3.05, 3.63) is 48.0 Å². The van der Waals surface area contributed by atoms with Crippen molar-refractivity contribution in [1.29, 1.82) is 0 Å². The van der Waals surface area contributed by atoms with Crippen LogP contribution in [0.4, 0.5) is 14.9 Å². The molecule has 2 amide bonds. The minimum atomic E-state index is -0.912. The molecule has 0 spiro atoms. The lowest BCUT2D eigenvalue weighted by atomic mass is 9.72. The van der Waals surface area contributed by atoms with Crippen LogP contribution in [-0.4, -0.2) is 80.9 Å². The molecule has 0 radical (unpaired) electrons. The molecule has 3 aliphatic rings. The van der Waals surface area contributed by atoms with E-state index in [-0.39, 0.29) is 23.7 Å². The molecule has 9 heteroatoms. The molecular formula is C29H37FN4O4. The quantitative estimate of drug-likeness (QED) is 0.572. The number of fused-ring (bicyclic) bond motifs is 2. The first-order chi connectivity index (χ1) is 18.3. The first-order valence-corrected chi connectivity index (χ1v) is 13.8. The number of aliphatic hydroxyl groups excluding tert-OH is 1. The summed E-state index contributed by atoms with van der Waals surface area (Å²) < 4.78 is 15.5. The molecule has 0 saturated carbocycles. The van der Waals surface area contributed by atoms with Gasteiger partial charge in [0.25, 0.3) is 5.91 Å². The molecule has 1 aromatic carbocycles. The van der Waals surface area contributed by atoms with Crippen LogP contribution in [0.2, 0.25) is 0 Å². The van der Waals surface area contributed by atoms with Gasteiger partial charge in [0, 0.05) is 49.9 Å². The molecule has 38 heavy (non-hydrogen) atoms. The van der Waals surface area contributed by atoms with E-state index in [1.54, 1.807) is 34.2 Å². The maximum Gasteiger partial charge on any atom is 0.408 e. The molecule has 5 rings (SSSR count). The van der Waals surface area contributed by atoms with Crippen molar-refractivity contribution in [3.63, 3.8) is 0 Å². The summed E-state index contributed by atoms with van der Waals surface area (Å²) in [6.07, 6.45) is 4.38. The van der Waals surface area contributed by atoms with E-state index >= 15 is 4.39 Å². The molecule has 204 valence electrons. The first-order valence-electron chi connectivity index (χ1n) is 13.8. The smallest absolute Gasteiger partial charge is 0.408 e. The number of aliphatic hydroxyl groups is 1. The van der Waals surface area contributed by atoms with E-state index in [0.717, 1.165) is 31.2 Å². The maximum absolute atomic E-state index is 15.5. The van der Waals surface area contributed by atoms with Gasteiger partial charge in [-0.25, -0.2) is 9.18 Å². The number of hydrogen-bond donors (Lipinski definition) is 2. The number of benzene rings is 1. The average Bonchev–Trinajstić information content (AvgIpc) is 3.18. The van der Waals surface area contributed by atoms with E-state index in [9.17, 15) is 19.8 Å². The van der Waals surface area contributed by atoms with Crippen molar-refractivity contribution < 1.29 is 24.2 Å². The Morgan fingerprint density at radius 1 is 1.16 bits per heavy atom. The fourth-order valence-corrected chi connectivity index (χ4v) is 7.11. The summed E-state index contributed by atoms with van der Waals surface area (Å²) in [6.45, 7) is 6.33. The van der Waals surface area contributed by atoms with Crippen LogP contribution in [-0.2, 0) is 0 Å². The highest BCUT2D eigenvalue weighted by Gasteiger charge is 2.57. The molecule has 3 saturated heterocycles. The zero-order valence-electron chi connectivity index (χ0n) is 22.1. The Bertz CT molecular complexity index is 1190. The molecule has 2 aromatic rings. The third-order valence-corrected chi connectivity index (χ3v) is 8.93. The molecule has 4 unspecified atom stereocenters. The number of aromatic nitrogens is 1. The maximum atomic E-state index is 15.5. The van der Waals surface area contributed by atoms with Crippen LogP contribution < -0.4 is 4.90 Å². The van der Waals surface area contributed by atoms with Crippen LogP contribution in [0.15, 0.2) is 36.5 Å². The number of carboxylic acid groups (broad SMARTS) is 1. The van der Waals surface area contributed by atoms with Gasteiger partial charge in [0.05, 0.1) is 17.3 Å². The second-order valence-corrected chi connectivity index (χ2v) is 10.9. The lowest BCUT2D eigenvalue weighted by molar-refractivity contribution is -0.0390. The van der Waals surface area contributed by atoms with Crippen LogP contribution in [0.25, 0.3) is 11.1 Å². The fraction of sp³-hybridized carbons (Fsp3) is 0.552. The van der Waals surface area contributed by atoms with Gasteiger partial charge in [0.2, 0.25) is 0 Å². The number of anilines is 1. The second-order valence-electron chi connectivity index (χ2n) is 10.9. The minimum absolute atomic E-state index is 0.0338. The monoisotopic (exact) mass is 524 g/mol. The van der Waals surface area contributed by atoms with Gasteiger partial charge in [0.15, 0.2) is 0 Å². The van der Waals surface area contributed by atoms with E-state index < -0.39 is 17.7 Å². The zero-order chi connectivity index (χ0) is 27.0. The molecule has 3 aliphatic heterocycles. The molecule has 4 atom stereocenters. The summed E-state index contributed by atoms with van der Waals surface area (Å²) in [5.74, 6) is -0.429. The number of halogens is 1. The van der Waals surface area contributed by atoms with Gasteiger partial charge in [0.1, 0.15) is 11.5 Å². The Labute approximate surface area is 223 Å². The van der Waals surface area contributed by atoms with Crippen molar-refractivity contribution >= 4 is 17.7 Å². The van der Waals surface area contributed by atoms with Gasteiger partial charge in [-0.05, 0) is 76.1 Å². The topological polar surface area (TPSA) is 97.2 Å². The van der Waals surface area contributed by atoms with Crippen LogP contribution >= 0.6 is 0 Å². The van der Waals surface area contributed by atoms with E-state index in [4.69, 9.17) is 0 Å². The normalized spacial score (nSPS) is 26.9. The Morgan fingerprint density at radius 2 is 1.92 bits per heavy atom. The van der Waals surface area contributed by atoms with Crippen LogP contribution in [0, 0.1) is 11.7 Å². The predicted octanol–water partition coefficient (Wildman–Crippen LogP) is 4.62. The number of rotatable bonds is 6. The molecule has 2 N–H and O–H groups in total. The van der Waals surface area contributed by atoms with Crippen LogP contribution in [0.1, 0.15) is 62.9 Å². The number of carbonyl (C=O) groups is 2. The zero-order valence-corrected chi connectivity index (χ0v) is 22.1. The van der Waals surface area contributed by atoms with Crippen LogP contribution in [0.3, 0.4) is 0 Å². The fourth-order valence-electron chi connectivity index (χ4n) is 7.11.